The molecule has 1 fully saturated rings. The van der Waals surface area contributed by atoms with Gasteiger partial charge in [0.1, 0.15) is 18.0 Å². The second-order valence-electron chi connectivity index (χ2n) is 8.13. The van der Waals surface area contributed by atoms with Crippen LogP contribution in [0.1, 0.15) is 40.7 Å². The lowest BCUT2D eigenvalue weighted by atomic mass is 10.1. The number of nitrogens with zero attached hydrogens (tertiary/aromatic N) is 3. The van der Waals surface area contributed by atoms with Crippen LogP contribution in [0.3, 0.4) is 0 Å². The molecule has 4 rings (SSSR count). The second kappa shape index (κ2) is 11.5. The summed E-state index contributed by atoms with van der Waals surface area (Å²) >= 11 is 6.18. The number of nitro groups is 1. The van der Waals surface area contributed by atoms with Gasteiger partial charge in [-0.3, -0.25) is 14.9 Å². The molecule has 0 aliphatic carbocycles. The Labute approximate surface area is 208 Å². The summed E-state index contributed by atoms with van der Waals surface area (Å²) in [5.41, 5.74) is 4.73. The molecule has 1 saturated heterocycles. The standard InChI is InChI=1S/C26H25ClN4O4/c27-22-10-4-2-8-20(22)18-35-25-11-5-3-9-21(25)26(32)29-28-17-19-12-13-23(24(16-19)31(33)34)30-14-6-1-7-15-30/h2-5,8-13,16-17H,1,6-7,14-15,18H2,(H,29,32)/b28-17+. The number of hydrogen-bond acceptors (Lipinski definition) is 6. The molecule has 1 heterocycles. The molecule has 180 valence electrons. The highest BCUT2D eigenvalue weighted by Gasteiger charge is 2.21. The molecule has 0 aromatic heterocycles. The SMILES string of the molecule is O=C(N/N=C/c1ccc(N2CCCCC2)c([N+](=O)[O-])c1)c1ccccc1OCc1ccccc1Cl. The number of anilines is 1. The molecule has 1 aliphatic rings. The number of para-hydroxylation sites is 1. The predicted molar refractivity (Wildman–Crippen MR) is 136 cm³/mol. The zero-order valence-electron chi connectivity index (χ0n) is 19.0. The summed E-state index contributed by atoms with van der Waals surface area (Å²) in [6.45, 7) is 1.82. The van der Waals surface area contributed by atoms with Crippen molar-refractivity contribution in [2.24, 2.45) is 5.10 Å². The lowest BCUT2D eigenvalue weighted by molar-refractivity contribution is -0.384. The van der Waals surface area contributed by atoms with E-state index in [4.69, 9.17) is 16.3 Å². The lowest BCUT2D eigenvalue weighted by Gasteiger charge is -2.28. The summed E-state index contributed by atoms with van der Waals surface area (Å²) in [7, 11) is 0. The highest BCUT2D eigenvalue weighted by Crippen LogP contribution is 2.31. The monoisotopic (exact) mass is 492 g/mol. The molecule has 3 aromatic carbocycles. The van der Waals surface area contributed by atoms with Crippen LogP contribution in [-0.4, -0.2) is 30.1 Å². The molecule has 1 N–H and O–H groups in total. The fraction of sp³-hybridized carbons (Fsp3) is 0.231. The average molecular weight is 493 g/mol. The predicted octanol–water partition coefficient (Wildman–Crippen LogP) is 5.58. The topological polar surface area (TPSA) is 97.1 Å². The summed E-state index contributed by atoms with van der Waals surface area (Å²) in [5, 5.41) is 16.2. The second-order valence-corrected chi connectivity index (χ2v) is 8.54. The van der Waals surface area contributed by atoms with Gasteiger partial charge in [0.2, 0.25) is 0 Å². The lowest BCUT2D eigenvalue weighted by Crippen LogP contribution is -2.29. The van der Waals surface area contributed by atoms with Gasteiger partial charge in [-0.25, -0.2) is 5.43 Å². The van der Waals surface area contributed by atoms with Gasteiger partial charge in [-0.05, 0) is 43.5 Å². The molecule has 0 bridgehead atoms. The Kier molecular flexibility index (Phi) is 7.95. The van der Waals surface area contributed by atoms with Crippen molar-refractivity contribution in [3.8, 4) is 5.75 Å². The van der Waals surface area contributed by atoms with Crippen molar-refractivity contribution >= 4 is 35.1 Å². The molecule has 3 aromatic rings. The van der Waals surface area contributed by atoms with E-state index in [1.54, 1.807) is 42.5 Å². The van der Waals surface area contributed by atoms with Gasteiger partial charge in [0, 0.05) is 35.3 Å². The van der Waals surface area contributed by atoms with Crippen LogP contribution < -0.4 is 15.1 Å². The zero-order chi connectivity index (χ0) is 24.6. The third kappa shape index (κ3) is 6.16. The first kappa shape index (κ1) is 24.2. The summed E-state index contributed by atoms with van der Waals surface area (Å²) in [6, 6.07) is 19.1. The van der Waals surface area contributed by atoms with E-state index in [-0.39, 0.29) is 17.2 Å². The normalized spacial score (nSPS) is 13.6. The third-order valence-corrected chi connectivity index (χ3v) is 6.11. The number of benzene rings is 3. The van der Waals surface area contributed by atoms with Crippen LogP contribution in [0.15, 0.2) is 71.8 Å². The molecule has 0 radical (unpaired) electrons. The molecule has 8 nitrogen and oxygen atoms in total. The third-order valence-electron chi connectivity index (χ3n) is 5.75. The minimum Gasteiger partial charge on any atom is -0.488 e. The van der Waals surface area contributed by atoms with Gasteiger partial charge in [-0.2, -0.15) is 5.10 Å². The van der Waals surface area contributed by atoms with Crippen LogP contribution in [0.2, 0.25) is 5.02 Å². The van der Waals surface area contributed by atoms with Gasteiger partial charge in [0.25, 0.3) is 11.6 Å². The molecule has 1 aliphatic heterocycles. The first-order valence-electron chi connectivity index (χ1n) is 11.3. The molecular formula is C26H25ClN4O4. The van der Waals surface area contributed by atoms with Gasteiger partial charge < -0.3 is 9.64 Å². The number of piperidine rings is 1. The number of hydrogen-bond donors (Lipinski definition) is 1. The Morgan fingerprint density at radius 1 is 1.09 bits per heavy atom. The Morgan fingerprint density at radius 3 is 2.60 bits per heavy atom. The Bertz CT molecular complexity index is 1240. The Morgan fingerprint density at radius 2 is 1.83 bits per heavy atom. The number of carbonyl (C=O) groups excluding carboxylic acids is 1. The van der Waals surface area contributed by atoms with E-state index >= 15 is 0 Å². The maximum atomic E-state index is 12.7. The van der Waals surface area contributed by atoms with E-state index in [1.165, 1.54) is 12.3 Å². The molecule has 0 atom stereocenters. The van der Waals surface area contributed by atoms with Crippen molar-refractivity contribution in [3.63, 3.8) is 0 Å². The van der Waals surface area contributed by atoms with Crippen molar-refractivity contribution < 1.29 is 14.5 Å². The van der Waals surface area contributed by atoms with Gasteiger partial charge in [0.05, 0.1) is 16.7 Å². The molecule has 0 spiro atoms. The number of amides is 1. The minimum atomic E-state index is -0.463. The molecule has 0 saturated carbocycles. The fourth-order valence-corrected chi connectivity index (χ4v) is 4.14. The Hall–Kier alpha value is -3.91. The van der Waals surface area contributed by atoms with E-state index in [0.717, 1.165) is 37.9 Å². The van der Waals surface area contributed by atoms with Gasteiger partial charge >= 0.3 is 0 Å². The van der Waals surface area contributed by atoms with Crippen molar-refractivity contribution in [1.29, 1.82) is 0 Å². The molecule has 9 heteroatoms. The summed E-state index contributed by atoms with van der Waals surface area (Å²) in [6.07, 6.45) is 4.58. The first-order valence-corrected chi connectivity index (χ1v) is 11.7. The van der Waals surface area contributed by atoms with E-state index in [9.17, 15) is 14.9 Å². The summed E-state index contributed by atoms with van der Waals surface area (Å²) in [5.74, 6) is -0.0721. The van der Waals surface area contributed by atoms with Crippen LogP contribution in [0, 0.1) is 10.1 Å². The van der Waals surface area contributed by atoms with Crippen LogP contribution in [0.4, 0.5) is 11.4 Å². The van der Waals surface area contributed by atoms with Crippen molar-refractivity contribution in [3.05, 3.63) is 98.6 Å². The number of ether oxygens (including phenoxy) is 1. The largest absolute Gasteiger partial charge is 0.488 e. The number of rotatable bonds is 8. The number of nitrogens with one attached hydrogen (secondary N) is 1. The van der Waals surface area contributed by atoms with Gasteiger partial charge in [0.15, 0.2) is 0 Å². The van der Waals surface area contributed by atoms with E-state index in [2.05, 4.69) is 10.5 Å². The first-order chi connectivity index (χ1) is 17.0. The number of halogens is 1. The Balaban J connectivity index is 1.43. The van der Waals surface area contributed by atoms with E-state index in [1.807, 2.05) is 23.1 Å². The van der Waals surface area contributed by atoms with Crippen LogP contribution in [-0.2, 0) is 6.61 Å². The number of nitro benzene ring substituents is 1. The highest BCUT2D eigenvalue weighted by atomic mass is 35.5. The molecule has 1 amide bonds. The fourth-order valence-electron chi connectivity index (χ4n) is 3.95. The summed E-state index contributed by atoms with van der Waals surface area (Å²) in [4.78, 5) is 26.0. The molecule has 0 unspecified atom stereocenters. The van der Waals surface area contributed by atoms with Gasteiger partial charge in [-0.15, -0.1) is 0 Å². The highest BCUT2D eigenvalue weighted by molar-refractivity contribution is 6.31. The summed E-state index contributed by atoms with van der Waals surface area (Å²) < 4.78 is 5.83. The van der Waals surface area contributed by atoms with Crippen molar-refractivity contribution in [2.45, 2.75) is 25.9 Å². The van der Waals surface area contributed by atoms with Crippen molar-refractivity contribution in [1.82, 2.24) is 5.43 Å². The minimum absolute atomic E-state index is 0.0282. The van der Waals surface area contributed by atoms with E-state index in [0.29, 0.717) is 27.6 Å². The van der Waals surface area contributed by atoms with E-state index < -0.39 is 5.91 Å². The molecule has 35 heavy (non-hydrogen) atoms. The smallest absolute Gasteiger partial charge is 0.293 e. The number of carbonyl (C=O) groups is 1. The average Bonchev–Trinajstić information content (AvgIpc) is 2.89. The zero-order valence-corrected chi connectivity index (χ0v) is 19.8. The van der Waals surface area contributed by atoms with Crippen LogP contribution in [0.5, 0.6) is 5.75 Å². The van der Waals surface area contributed by atoms with Gasteiger partial charge in [-0.1, -0.05) is 48.0 Å². The maximum Gasteiger partial charge on any atom is 0.293 e. The quantitative estimate of drug-likeness (QED) is 0.251. The molecular weight excluding hydrogens is 468 g/mol. The van der Waals surface area contributed by atoms with Crippen LogP contribution in [0.25, 0.3) is 0 Å². The number of hydrazone groups is 1. The maximum absolute atomic E-state index is 12.7. The van der Waals surface area contributed by atoms with Crippen LogP contribution >= 0.6 is 11.6 Å². The van der Waals surface area contributed by atoms with Crippen molar-refractivity contribution in [2.75, 3.05) is 18.0 Å².